The van der Waals surface area contributed by atoms with Crippen molar-refractivity contribution in [2.45, 2.75) is 40.2 Å². The van der Waals surface area contributed by atoms with Crippen LogP contribution in [-0.2, 0) is 12.6 Å². The molecule has 3 N–H and O–H groups in total. The Hall–Kier alpha value is -3.50. The third kappa shape index (κ3) is 4.46. The third-order valence-electron chi connectivity index (χ3n) is 5.19. The van der Waals surface area contributed by atoms with E-state index in [2.05, 4.69) is 20.3 Å². The molecule has 10 heteroatoms. The zero-order valence-corrected chi connectivity index (χ0v) is 20.8. The van der Waals surface area contributed by atoms with Crippen LogP contribution in [0.1, 0.15) is 47.5 Å². The van der Waals surface area contributed by atoms with E-state index in [1.54, 1.807) is 39.2 Å². The summed E-state index contributed by atoms with van der Waals surface area (Å²) in [5.41, 5.74) is 1.55. The molecule has 34 heavy (non-hydrogen) atoms. The highest BCUT2D eigenvalue weighted by molar-refractivity contribution is 7.15. The largest absolute Gasteiger partial charge is 0.419 e. The summed E-state index contributed by atoms with van der Waals surface area (Å²) >= 11 is 1.26. The Balaban J connectivity index is 1.95. The molecule has 0 bridgehead atoms. The van der Waals surface area contributed by atoms with E-state index in [1.807, 2.05) is 26.8 Å². The van der Waals surface area contributed by atoms with Gasteiger partial charge in [-0.3, -0.25) is 9.59 Å². The molecule has 0 saturated heterocycles. The minimum Gasteiger partial charge on any atom is -0.419 e. The molecule has 0 unspecified atom stereocenters. The average Bonchev–Trinajstić information content (AvgIpc) is 3.35. The first-order valence-corrected chi connectivity index (χ1v) is 11.7. The molecule has 1 amide bonds. The molecule has 0 atom stereocenters. The molecule has 0 spiro atoms. The van der Waals surface area contributed by atoms with Crippen molar-refractivity contribution in [2.75, 3.05) is 6.54 Å². The summed E-state index contributed by atoms with van der Waals surface area (Å²) in [6.07, 6.45) is 1.68. The first-order valence-electron chi connectivity index (χ1n) is 10.9. The highest BCUT2D eigenvalue weighted by Crippen LogP contribution is 2.43. The number of thiazole rings is 1. The first kappa shape index (κ1) is 23.7. The van der Waals surface area contributed by atoms with Crippen molar-refractivity contribution in [1.29, 1.82) is 0 Å². The fraction of sp³-hybridized carbons (Fsp3) is 0.333. The molecular weight excluding hydrogens is 454 g/mol. The van der Waals surface area contributed by atoms with Crippen LogP contribution >= 0.6 is 11.3 Å². The van der Waals surface area contributed by atoms with Crippen molar-refractivity contribution in [3.05, 3.63) is 56.7 Å². The minimum absolute atomic E-state index is 0.264. The van der Waals surface area contributed by atoms with Gasteiger partial charge < -0.3 is 24.7 Å². The van der Waals surface area contributed by atoms with Crippen LogP contribution in [0.5, 0.6) is 11.8 Å². The van der Waals surface area contributed by atoms with Crippen LogP contribution < -0.4 is 15.6 Å². The first-order chi connectivity index (χ1) is 16.0. The molecule has 0 fully saturated rings. The summed E-state index contributed by atoms with van der Waals surface area (Å²) in [4.78, 5) is 37.8. The van der Waals surface area contributed by atoms with E-state index in [1.165, 1.54) is 15.9 Å². The van der Waals surface area contributed by atoms with Gasteiger partial charge in [-0.05, 0) is 52.3 Å². The Morgan fingerprint density at radius 2 is 2.00 bits per heavy atom. The van der Waals surface area contributed by atoms with Gasteiger partial charge in [-0.15, -0.1) is 11.3 Å². The Labute approximate surface area is 200 Å². The summed E-state index contributed by atoms with van der Waals surface area (Å²) in [7, 11) is 1.64. The van der Waals surface area contributed by atoms with Crippen LogP contribution in [0, 0.1) is 13.8 Å². The number of aromatic nitrogens is 4. The monoisotopic (exact) mass is 481 g/mol. The lowest BCUT2D eigenvalue weighted by atomic mass is 10.1. The molecule has 4 aromatic rings. The van der Waals surface area contributed by atoms with Gasteiger partial charge in [0, 0.05) is 42.5 Å². The number of rotatable bonds is 6. The van der Waals surface area contributed by atoms with Crippen molar-refractivity contribution in [1.82, 2.24) is 24.8 Å². The standard InChI is InChI=1S/C24H27N5O4S/c1-7-25-20(30)16-10-14-15(11-29(6)22(31)18(14)27-16)19-21(28-23(34-19)24(4,5)32)33-17-9-12(2)8-13(3)26-17/h8-11,27,32H,7H2,1-6H3,(H,25,30). The van der Waals surface area contributed by atoms with E-state index < -0.39 is 5.60 Å². The number of aromatic amines is 1. The van der Waals surface area contributed by atoms with E-state index in [9.17, 15) is 14.7 Å². The van der Waals surface area contributed by atoms with Crippen LogP contribution in [0.15, 0.2) is 29.2 Å². The van der Waals surface area contributed by atoms with Crippen molar-refractivity contribution in [3.8, 4) is 22.2 Å². The summed E-state index contributed by atoms with van der Waals surface area (Å²) in [6.45, 7) is 9.41. The van der Waals surface area contributed by atoms with Gasteiger partial charge in [-0.1, -0.05) is 0 Å². The Morgan fingerprint density at radius 1 is 1.26 bits per heavy atom. The smallest absolute Gasteiger partial charge is 0.274 e. The molecule has 0 radical (unpaired) electrons. The van der Waals surface area contributed by atoms with E-state index in [-0.39, 0.29) is 23.0 Å². The zero-order chi connectivity index (χ0) is 24.8. The van der Waals surface area contributed by atoms with Gasteiger partial charge in [0.2, 0.25) is 11.8 Å². The molecule has 4 heterocycles. The van der Waals surface area contributed by atoms with E-state index in [0.29, 0.717) is 38.8 Å². The number of aryl methyl sites for hydroxylation is 3. The average molecular weight is 482 g/mol. The van der Waals surface area contributed by atoms with Gasteiger partial charge >= 0.3 is 0 Å². The number of hydrogen-bond donors (Lipinski definition) is 3. The fourth-order valence-corrected chi connectivity index (χ4v) is 4.67. The van der Waals surface area contributed by atoms with Gasteiger partial charge in [-0.2, -0.15) is 0 Å². The Bertz CT molecular complexity index is 1440. The van der Waals surface area contributed by atoms with Gasteiger partial charge in [0.25, 0.3) is 11.5 Å². The van der Waals surface area contributed by atoms with Gasteiger partial charge in [0.05, 0.1) is 0 Å². The third-order valence-corrected chi connectivity index (χ3v) is 6.57. The number of amides is 1. The maximum Gasteiger partial charge on any atom is 0.274 e. The number of nitrogens with zero attached hydrogens (tertiary/aromatic N) is 3. The second-order valence-electron chi connectivity index (χ2n) is 8.73. The molecule has 0 aliphatic carbocycles. The second-order valence-corrected chi connectivity index (χ2v) is 9.73. The second kappa shape index (κ2) is 8.69. The number of carbonyl (C=O) groups excluding carboxylic acids is 1. The van der Waals surface area contributed by atoms with E-state index in [0.717, 1.165) is 11.3 Å². The Morgan fingerprint density at radius 3 is 2.65 bits per heavy atom. The van der Waals surface area contributed by atoms with Crippen LogP contribution in [0.25, 0.3) is 21.3 Å². The summed E-state index contributed by atoms with van der Waals surface area (Å²) in [5, 5.41) is 14.4. The van der Waals surface area contributed by atoms with Gasteiger partial charge in [0.15, 0.2) is 0 Å². The van der Waals surface area contributed by atoms with Crippen molar-refractivity contribution in [3.63, 3.8) is 0 Å². The lowest BCUT2D eigenvalue weighted by Gasteiger charge is -2.12. The van der Waals surface area contributed by atoms with Crippen LogP contribution in [0.3, 0.4) is 0 Å². The molecule has 0 saturated carbocycles. The lowest BCUT2D eigenvalue weighted by molar-refractivity contribution is 0.0778. The summed E-state index contributed by atoms with van der Waals surface area (Å²) < 4.78 is 7.56. The maximum atomic E-state index is 12.8. The molecule has 4 aromatic heterocycles. The molecule has 4 rings (SSSR count). The number of carbonyl (C=O) groups is 1. The van der Waals surface area contributed by atoms with Gasteiger partial charge in [0.1, 0.15) is 26.7 Å². The Kier molecular flexibility index (Phi) is 6.05. The van der Waals surface area contributed by atoms with Gasteiger partial charge in [-0.25, -0.2) is 9.97 Å². The molecule has 0 aliphatic heterocycles. The summed E-state index contributed by atoms with van der Waals surface area (Å²) in [5.74, 6) is 0.342. The zero-order valence-electron chi connectivity index (χ0n) is 19.9. The molecule has 0 aromatic carbocycles. The van der Waals surface area contributed by atoms with Crippen molar-refractivity contribution < 1.29 is 14.6 Å². The quantitative estimate of drug-likeness (QED) is 0.385. The number of nitrogens with one attached hydrogen (secondary N) is 2. The minimum atomic E-state index is -1.21. The number of ether oxygens (including phenoxy) is 1. The number of H-pyrrole nitrogens is 1. The van der Waals surface area contributed by atoms with Crippen molar-refractivity contribution in [2.24, 2.45) is 7.05 Å². The molecule has 178 valence electrons. The van der Waals surface area contributed by atoms with E-state index in [4.69, 9.17) is 4.74 Å². The summed E-state index contributed by atoms with van der Waals surface area (Å²) in [6, 6.07) is 5.40. The number of pyridine rings is 2. The molecular formula is C24H27N5O4S. The van der Waals surface area contributed by atoms with E-state index >= 15 is 0 Å². The molecule has 9 nitrogen and oxygen atoms in total. The highest BCUT2D eigenvalue weighted by Gasteiger charge is 2.27. The molecule has 0 aliphatic rings. The number of aliphatic hydroxyl groups is 1. The van der Waals surface area contributed by atoms with Crippen LogP contribution in [0.2, 0.25) is 0 Å². The van der Waals surface area contributed by atoms with Crippen LogP contribution in [-0.4, -0.2) is 37.1 Å². The lowest BCUT2D eigenvalue weighted by Crippen LogP contribution is -2.23. The predicted molar refractivity (Wildman–Crippen MR) is 132 cm³/mol. The normalized spacial score (nSPS) is 11.7. The maximum absolute atomic E-state index is 12.8. The highest BCUT2D eigenvalue weighted by atomic mass is 32.1. The predicted octanol–water partition coefficient (Wildman–Crippen LogP) is 3.77. The number of fused-ring (bicyclic) bond motifs is 1. The van der Waals surface area contributed by atoms with Crippen LogP contribution in [0.4, 0.5) is 0 Å². The topological polar surface area (TPSA) is 122 Å². The van der Waals surface area contributed by atoms with Crippen molar-refractivity contribution >= 4 is 28.1 Å². The SMILES string of the molecule is CCNC(=O)c1cc2c(-c3sc(C(C)(C)O)nc3Oc3cc(C)cc(C)n3)cn(C)c(=O)c2[nH]1. The fourth-order valence-electron chi connectivity index (χ4n) is 3.66. The number of hydrogen-bond acceptors (Lipinski definition) is 7.